The van der Waals surface area contributed by atoms with Crippen LogP contribution in [0.5, 0.6) is 0 Å². The van der Waals surface area contributed by atoms with Crippen molar-refractivity contribution in [2.24, 2.45) is 0 Å². The Morgan fingerprint density at radius 3 is 2.72 bits per heavy atom. The molecule has 2 rings (SSSR count). The summed E-state index contributed by atoms with van der Waals surface area (Å²) in [6.07, 6.45) is 3.48. The Balaban J connectivity index is 2.26. The summed E-state index contributed by atoms with van der Waals surface area (Å²) in [6.45, 7) is 0.494. The van der Waals surface area contributed by atoms with E-state index in [1.807, 2.05) is 24.4 Å². The predicted octanol–water partition coefficient (Wildman–Crippen LogP) is 1.87. The molecule has 5 nitrogen and oxygen atoms in total. The highest BCUT2D eigenvalue weighted by atomic mass is 35.5. The molecule has 0 saturated heterocycles. The lowest BCUT2D eigenvalue weighted by Crippen LogP contribution is -2.15. The van der Waals surface area contributed by atoms with E-state index in [0.717, 1.165) is 5.56 Å². The van der Waals surface area contributed by atoms with Gasteiger partial charge in [-0.3, -0.25) is 9.40 Å². The molecule has 0 aliphatic carbocycles. The van der Waals surface area contributed by atoms with Gasteiger partial charge in [-0.15, -0.1) is 11.6 Å². The number of rotatable bonds is 5. The van der Waals surface area contributed by atoms with Crippen molar-refractivity contribution in [3.8, 4) is 0 Å². The first-order valence-corrected chi connectivity index (χ1v) is 7.41. The van der Waals surface area contributed by atoms with Crippen molar-refractivity contribution in [3.05, 3.63) is 48.3 Å². The molecule has 1 heterocycles. The first-order valence-electron chi connectivity index (χ1n) is 5.22. The highest BCUT2D eigenvalue weighted by Gasteiger charge is 2.11. The molecule has 7 heteroatoms. The monoisotopic (exact) mass is 285 g/mol. The summed E-state index contributed by atoms with van der Waals surface area (Å²) < 4.78 is 27.1. The first kappa shape index (κ1) is 12.9. The first-order chi connectivity index (χ1) is 8.61. The molecule has 0 aliphatic heterocycles. The normalized spacial score (nSPS) is 11.4. The Hall–Kier alpha value is -1.53. The minimum absolute atomic E-state index is 0.469. The standard InChI is InChI=1S/C11H12ClN3O2S/c12-9-18(16,17)14-11-5-2-1-4-10(11)8-15-7-3-6-13-15/h1-7,14H,8-9H2. The zero-order valence-corrected chi connectivity index (χ0v) is 11.0. The number of nitrogens with one attached hydrogen (secondary N) is 1. The second kappa shape index (κ2) is 5.41. The Morgan fingerprint density at radius 2 is 2.06 bits per heavy atom. The van der Waals surface area contributed by atoms with Crippen molar-refractivity contribution >= 4 is 27.3 Å². The van der Waals surface area contributed by atoms with Crippen LogP contribution < -0.4 is 4.72 Å². The third-order valence-electron chi connectivity index (χ3n) is 2.32. The summed E-state index contributed by atoms with van der Waals surface area (Å²) >= 11 is 5.37. The summed E-state index contributed by atoms with van der Waals surface area (Å²) in [6, 6.07) is 8.96. The third kappa shape index (κ3) is 3.24. The number of benzene rings is 1. The smallest absolute Gasteiger partial charge is 0.246 e. The molecule has 1 aromatic heterocycles. The lowest BCUT2D eigenvalue weighted by molar-refractivity contribution is 0.605. The van der Waals surface area contributed by atoms with E-state index in [2.05, 4.69) is 9.82 Å². The van der Waals surface area contributed by atoms with E-state index in [1.165, 1.54) is 0 Å². The molecule has 0 bridgehead atoms. The number of anilines is 1. The van der Waals surface area contributed by atoms with Gasteiger partial charge in [0.15, 0.2) is 0 Å². The van der Waals surface area contributed by atoms with Gasteiger partial charge < -0.3 is 0 Å². The molecule has 96 valence electrons. The number of nitrogens with zero attached hydrogens (tertiary/aromatic N) is 2. The second-order valence-corrected chi connectivity index (χ2v) is 5.99. The molecular weight excluding hydrogens is 274 g/mol. The van der Waals surface area contributed by atoms with Crippen molar-refractivity contribution in [1.29, 1.82) is 0 Å². The molecule has 0 radical (unpaired) electrons. The van der Waals surface area contributed by atoms with Crippen LogP contribution in [0.15, 0.2) is 42.7 Å². The number of para-hydroxylation sites is 1. The van der Waals surface area contributed by atoms with Crippen LogP contribution in [0.25, 0.3) is 0 Å². The van der Waals surface area contributed by atoms with Gasteiger partial charge in [0.05, 0.1) is 12.2 Å². The molecule has 0 aliphatic rings. The largest absolute Gasteiger partial charge is 0.282 e. The van der Waals surface area contributed by atoms with Gasteiger partial charge in [-0.05, 0) is 17.7 Å². The van der Waals surface area contributed by atoms with Crippen LogP contribution >= 0.6 is 11.6 Å². The number of sulfonamides is 1. The average Bonchev–Trinajstić information content (AvgIpc) is 2.84. The van der Waals surface area contributed by atoms with Gasteiger partial charge in [0, 0.05) is 12.4 Å². The number of alkyl halides is 1. The maximum Gasteiger partial charge on any atom is 0.246 e. The molecule has 1 aromatic carbocycles. The van der Waals surface area contributed by atoms with Crippen LogP contribution in [-0.2, 0) is 16.6 Å². The molecular formula is C11H12ClN3O2S. The number of hydrogen-bond acceptors (Lipinski definition) is 3. The van der Waals surface area contributed by atoms with Crippen LogP contribution in [0.4, 0.5) is 5.69 Å². The molecule has 2 aromatic rings. The molecule has 0 fully saturated rings. The number of hydrogen-bond donors (Lipinski definition) is 1. The van der Waals surface area contributed by atoms with E-state index >= 15 is 0 Å². The lowest BCUT2D eigenvalue weighted by atomic mass is 10.2. The number of aromatic nitrogens is 2. The Morgan fingerprint density at radius 1 is 1.28 bits per heavy atom. The molecule has 0 atom stereocenters. The van der Waals surface area contributed by atoms with Gasteiger partial charge in [0.25, 0.3) is 0 Å². The molecule has 0 saturated carbocycles. The zero-order valence-electron chi connectivity index (χ0n) is 9.45. The van der Waals surface area contributed by atoms with Crippen LogP contribution in [0.1, 0.15) is 5.56 Å². The minimum atomic E-state index is -3.49. The number of halogens is 1. The Labute approximate surface area is 110 Å². The van der Waals surface area contributed by atoms with Crippen LogP contribution in [0, 0.1) is 0 Å². The maximum absolute atomic E-state index is 11.5. The third-order valence-corrected chi connectivity index (χ3v) is 4.00. The van der Waals surface area contributed by atoms with Crippen molar-refractivity contribution in [3.63, 3.8) is 0 Å². The van der Waals surface area contributed by atoms with E-state index in [0.29, 0.717) is 12.2 Å². The van der Waals surface area contributed by atoms with Crippen molar-refractivity contribution < 1.29 is 8.42 Å². The summed E-state index contributed by atoms with van der Waals surface area (Å²) in [5, 5.41) is 3.61. The molecule has 0 amide bonds. The van der Waals surface area contributed by atoms with Gasteiger partial charge in [0.1, 0.15) is 5.21 Å². The Bertz CT molecular complexity index is 611. The van der Waals surface area contributed by atoms with Gasteiger partial charge >= 0.3 is 0 Å². The van der Waals surface area contributed by atoms with E-state index in [9.17, 15) is 8.42 Å². The zero-order chi connectivity index (χ0) is 13.0. The molecule has 0 spiro atoms. The van der Waals surface area contributed by atoms with E-state index in [4.69, 9.17) is 11.6 Å². The van der Waals surface area contributed by atoms with Gasteiger partial charge in [0.2, 0.25) is 10.0 Å². The summed E-state index contributed by atoms with van der Waals surface area (Å²) in [4.78, 5) is 0. The van der Waals surface area contributed by atoms with Crippen molar-refractivity contribution in [2.45, 2.75) is 6.54 Å². The fraction of sp³-hybridized carbons (Fsp3) is 0.182. The van der Waals surface area contributed by atoms with Crippen LogP contribution in [-0.4, -0.2) is 23.4 Å². The van der Waals surface area contributed by atoms with Gasteiger partial charge in [-0.2, -0.15) is 5.10 Å². The quantitative estimate of drug-likeness (QED) is 0.853. The SMILES string of the molecule is O=S(=O)(CCl)Nc1ccccc1Cn1cccn1. The van der Waals surface area contributed by atoms with E-state index in [-0.39, 0.29) is 0 Å². The molecule has 1 N–H and O–H groups in total. The molecule has 0 unspecified atom stereocenters. The topological polar surface area (TPSA) is 64.0 Å². The fourth-order valence-corrected chi connectivity index (χ4v) is 2.27. The molecule has 18 heavy (non-hydrogen) atoms. The Kier molecular flexibility index (Phi) is 3.88. The van der Waals surface area contributed by atoms with E-state index < -0.39 is 15.2 Å². The lowest BCUT2D eigenvalue weighted by Gasteiger charge is -2.11. The van der Waals surface area contributed by atoms with Gasteiger partial charge in [-0.1, -0.05) is 18.2 Å². The maximum atomic E-state index is 11.5. The summed E-state index contributed by atoms with van der Waals surface area (Å²) in [5.41, 5.74) is 1.35. The van der Waals surface area contributed by atoms with Crippen molar-refractivity contribution in [2.75, 3.05) is 9.93 Å². The van der Waals surface area contributed by atoms with Gasteiger partial charge in [-0.25, -0.2) is 8.42 Å². The highest BCUT2D eigenvalue weighted by molar-refractivity contribution is 7.93. The summed E-state index contributed by atoms with van der Waals surface area (Å²) in [5.74, 6) is 0. The fourth-order valence-electron chi connectivity index (χ4n) is 1.52. The predicted molar refractivity (Wildman–Crippen MR) is 71.0 cm³/mol. The van der Waals surface area contributed by atoms with Crippen LogP contribution in [0.2, 0.25) is 0 Å². The summed E-state index contributed by atoms with van der Waals surface area (Å²) in [7, 11) is -3.49. The minimum Gasteiger partial charge on any atom is -0.282 e. The van der Waals surface area contributed by atoms with Crippen molar-refractivity contribution in [1.82, 2.24) is 9.78 Å². The second-order valence-electron chi connectivity index (χ2n) is 3.69. The van der Waals surface area contributed by atoms with E-state index in [1.54, 1.807) is 23.0 Å². The highest BCUT2D eigenvalue weighted by Crippen LogP contribution is 2.17. The average molecular weight is 286 g/mol. The van der Waals surface area contributed by atoms with Crippen LogP contribution in [0.3, 0.4) is 0 Å².